The summed E-state index contributed by atoms with van der Waals surface area (Å²) < 4.78 is 5.26. The fourth-order valence-electron chi connectivity index (χ4n) is 1.25. The van der Waals surface area contributed by atoms with Crippen LogP contribution >= 0.6 is 11.6 Å². The van der Waals surface area contributed by atoms with Gasteiger partial charge in [-0.25, -0.2) is 0 Å². The van der Waals surface area contributed by atoms with E-state index in [4.69, 9.17) is 16.0 Å². The summed E-state index contributed by atoms with van der Waals surface area (Å²) in [5.41, 5.74) is 2.09. The van der Waals surface area contributed by atoms with Gasteiger partial charge in [0.1, 0.15) is 5.76 Å². The Morgan fingerprint density at radius 2 is 2.08 bits per heavy atom. The lowest BCUT2D eigenvalue weighted by atomic mass is 10.1. The van der Waals surface area contributed by atoms with E-state index in [2.05, 4.69) is 0 Å². The molecule has 0 bridgehead atoms. The van der Waals surface area contributed by atoms with E-state index in [9.17, 15) is 0 Å². The molecule has 0 saturated heterocycles. The standard InChI is InChI=1S/C11H9ClO/c1-8-4-5-9(10(12)7-8)11-3-2-6-13-11/h2-7H,1H3. The first kappa shape index (κ1) is 8.39. The number of benzene rings is 1. The number of aryl methyl sites for hydroxylation is 1. The third kappa shape index (κ3) is 1.61. The fourth-order valence-corrected chi connectivity index (χ4v) is 1.58. The SMILES string of the molecule is Cc1ccc(-c2ccco2)c(Cl)c1. The van der Waals surface area contributed by atoms with Crippen molar-refractivity contribution in [3.8, 4) is 11.3 Å². The third-order valence-corrected chi connectivity index (χ3v) is 2.22. The first-order chi connectivity index (χ1) is 6.27. The summed E-state index contributed by atoms with van der Waals surface area (Å²) in [6, 6.07) is 9.67. The second kappa shape index (κ2) is 3.27. The van der Waals surface area contributed by atoms with Crippen molar-refractivity contribution in [1.82, 2.24) is 0 Å². The van der Waals surface area contributed by atoms with Gasteiger partial charge in [-0.15, -0.1) is 0 Å². The van der Waals surface area contributed by atoms with Gasteiger partial charge in [-0.05, 0) is 36.8 Å². The maximum atomic E-state index is 6.06. The zero-order chi connectivity index (χ0) is 9.26. The molecule has 0 radical (unpaired) electrons. The van der Waals surface area contributed by atoms with Gasteiger partial charge >= 0.3 is 0 Å². The Hall–Kier alpha value is -1.21. The molecule has 0 atom stereocenters. The number of furan rings is 1. The van der Waals surface area contributed by atoms with E-state index in [-0.39, 0.29) is 0 Å². The minimum absolute atomic E-state index is 0.731. The van der Waals surface area contributed by atoms with E-state index in [0.29, 0.717) is 0 Å². The van der Waals surface area contributed by atoms with Crippen LogP contribution in [0.3, 0.4) is 0 Å². The molecule has 0 saturated carbocycles. The maximum Gasteiger partial charge on any atom is 0.135 e. The summed E-state index contributed by atoms with van der Waals surface area (Å²) >= 11 is 6.06. The van der Waals surface area contributed by atoms with E-state index < -0.39 is 0 Å². The Balaban J connectivity index is 2.53. The summed E-state index contributed by atoms with van der Waals surface area (Å²) in [7, 11) is 0. The molecule has 1 aromatic carbocycles. The number of halogens is 1. The van der Waals surface area contributed by atoms with Gasteiger partial charge in [0.25, 0.3) is 0 Å². The van der Waals surface area contributed by atoms with Crippen molar-refractivity contribution in [2.45, 2.75) is 6.92 Å². The average Bonchev–Trinajstić information content (AvgIpc) is 2.56. The molecule has 0 amide bonds. The van der Waals surface area contributed by atoms with Crippen LogP contribution in [0.25, 0.3) is 11.3 Å². The molecule has 0 unspecified atom stereocenters. The molecule has 0 aliphatic carbocycles. The van der Waals surface area contributed by atoms with Gasteiger partial charge < -0.3 is 4.42 Å². The number of hydrogen-bond acceptors (Lipinski definition) is 1. The maximum absolute atomic E-state index is 6.06. The molecule has 13 heavy (non-hydrogen) atoms. The summed E-state index contributed by atoms with van der Waals surface area (Å²) in [4.78, 5) is 0. The topological polar surface area (TPSA) is 13.1 Å². The van der Waals surface area contributed by atoms with Crippen molar-refractivity contribution in [1.29, 1.82) is 0 Å². The predicted molar refractivity (Wildman–Crippen MR) is 53.9 cm³/mol. The highest BCUT2D eigenvalue weighted by Crippen LogP contribution is 2.28. The van der Waals surface area contributed by atoms with Crippen LogP contribution in [0, 0.1) is 6.92 Å². The van der Waals surface area contributed by atoms with Crippen molar-refractivity contribution in [3.63, 3.8) is 0 Å². The van der Waals surface area contributed by atoms with Crippen LogP contribution < -0.4 is 0 Å². The van der Waals surface area contributed by atoms with Crippen molar-refractivity contribution in [2.75, 3.05) is 0 Å². The minimum Gasteiger partial charge on any atom is -0.464 e. The Morgan fingerprint density at radius 3 is 2.69 bits per heavy atom. The lowest BCUT2D eigenvalue weighted by molar-refractivity contribution is 0.582. The first-order valence-corrected chi connectivity index (χ1v) is 4.45. The lowest BCUT2D eigenvalue weighted by Crippen LogP contribution is -1.77. The molecule has 2 rings (SSSR count). The van der Waals surface area contributed by atoms with Gasteiger partial charge in [-0.1, -0.05) is 17.7 Å². The van der Waals surface area contributed by atoms with Gasteiger partial charge in [0.15, 0.2) is 0 Å². The molecule has 0 aliphatic rings. The van der Waals surface area contributed by atoms with Crippen molar-refractivity contribution in [3.05, 3.63) is 47.2 Å². The van der Waals surface area contributed by atoms with Crippen LogP contribution in [0.5, 0.6) is 0 Å². The molecule has 1 aromatic heterocycles. The van der Waals surface area contributed by atoms with Crippen LogP contribution in [-0.4, -0.2) is 0 Å². The molecule has 66 valence electrons. The average molecular weight is 193 g/mol. The molecule has 2 aromatic rings. The van der Waals surface area contributed by atoms with Gasteiger partial charge in [-0.2, -0.15) is 0 Å². The highest BCUT2D eigenvalue weighted by Gasteiger charge is 2.04. The van der Waals surface area contributed by atoms with Crippen LogP contribution in [-0.2, 0) is 0 Å². The van der Waals surface area contributed by atoms with E-state index >= 15 is 0 Å². The van der Waals surface area contributed by atoms with E-state index in [1.807, 2.05) is 37.3 Å². The van der Waals surface area contributed by atoms with Crippen molar-refractivity contribution in [2.24, 2.45) is 0 Å². The molecule has 0 N–H and O–H groups in total. The molecule has 0 spiro atoms. The van der Waals surface area contributed by atoms with Gasteiger partial charge in [0.2, 0.25) is 0 Å². The summed E-state index contributed by atoms with van der Waals surface area (Å²) in [6.45, 7) is 2.01. The third-order valence-electron chi connectivity index (χ3n) is 1.91. The highest BCUT2D eigenvalue weighted by atomic mass is 35.5. The summed E-state index contributed by atoms with van der Waals surface area (Å²) in [5, 5.41) is 0.731. The Bertz CT molecular complexity index is 404. The Labute approximate surface area is 82.0 Å². The second-order valence-electron chi connectivity index (χ2n) is 2.96. The highest BCUT2D eigenvalue weighted by molar-refractivity contribution is 6.33. The molecular weight excluding hydrogens is 184 g/mol. The number of hydrogen-bond donors (Lipinski definition) is 0. The van der Waals surface area contributed by atoms with Crippen LogP contribution in [0.2, 0.25) is 5.02 Å². The van der Waals surface area contributed by atoms with Gasteiger partial charge in [0.05, 0.1) is 11.3 Å². The molecule has 2 heteroatoms. The lowest BCUT2D eigenvalue weighted by Gasteiger charge is -2.00. The van der Waals surface area contributed by atoms with Gasteiger partial charge in [0, 0.05) is 5.56 Å². The molecular formula is C11H9ClO. The zero-order valence-corrected chi connectivity index (χ0v) is 8.01. The minimum atomic E-state index is 0.731. The monoisotopic (exact) mass is 192 g/mol. The quantitative estimate of drug-likeness (QED) is 0.668. The summed E-state index contributed by atoms with van der Waals surface area (Å²) in [5.74, 6) is 0.810. The van der Waals surface area contributed by atoms with Crippen LogP contribution in [0.15, 0.2) is 41.0 Å². The van der Waals surface area contributed by atoms with E-state index in [1.165, 1.54) is 0 Å². The first-order valence-electron chi connectivity index (χ1n) is 4.07. The Morgan fingerprint density at radius 1 is 1.23 bits per heavy atom. The molecule has 0 aliphatic heterocycles. The smallest absolute Gasteiger partial charge is 0.135 e. The van der Waals surface area contributed by atoms with Gasteiger partial charge in [-0.3, -0.25) is 0 Å². The van der Waals surface area contributed by atoms with E-state index in [0.717, 1.165) is 21.9 Å². The second-order valence-corrected chi connectivity index (χ2v) is 3.37. The normalized spacial score (nSPS) is 10.3. The Kier molecular flexibility index (Phi) is 2.11. The fraction of sp³-hybridized carbons (Fsp3) is 0.0909. The number of rotatable bonds is 1. The largest absolute Gasteiger partial charge is 0.464 e. The zero-order valence-electron chi connectivity index (χ0n) is 7.25. The van der Waals surface area contributed by atoms with Crippen molar-refractivity contribution >= 4 is 11.6 Å². The van der Waals surface area contributed by atoms with Crippen molar-refractivity contribution < 1.29 is 4.42 Å². The summed E-state index contributed by atoms with van der Waals surface area (Å²) in [6.07, 6.45) is 1.64. The molecule has 1 nitrogen and oxygen atoms in total. The van der Waals surface area contributed by atoms with E-state index in [1.54, 1.807) is 6.26 Å². The van der Waals surface area contributed by atoms with Crippen LogP contribution in [0.1, 0.15) is 5.56 Å². The molecule has 0 fully saturated rings. The predicted octanol–water partition coefficient (Wildman–Crippen LogP) is 3.91. The van der Waals surface area contributed by atoms with Crippen LogP contribution in [0.4, 0.5) is 0 Å². The molecule has 1 heterocycles.